The Morgan fingerprint density at radius 1 is 1.20 bits per heavy atom. The summed E-state index contributed by atoms with van der Waals surface area (Å²) in [5.41, 5.74) is 6.08. The number of hydrogen-bond acceptors (Lipinski definition) is 2. The van der Waals surface area contributed by atoms with Crippen molar-refractivity contribution in [2.24, 2.45) is 34.8 Å². The first kappa shape index (κ1) is 16.1. The minimum Gasteiger partial charge on any atom is -0.345 e. The first-order valence-electron chi connectivity index (χ1n) is 7.96. The van der Waals surface area contributed by atoms with Gasteiger partial charge >= 0.3 is 0 Å². The maximum Gasteiger partial charge on any atom is 0.226 e. The number of rotatable bonds is 4. The Bertz CT molecular complexity index is 336. The third-order valence-corrected chi connectivity index (χ3v) is 5.89. The van der Waals surface area contributed by atoms with Gasteiger partial charge in [0.15, 0.2) is 0 Å². The SMILES string of the molecule is CC(CN)C(=O)N(C)CC12CC3CC(CC(C3)C1)C2.Cl. The predicted molar refractivity (Wildman–Crippen MR) is 83.7 cm³/mol. The Kier molecular flexibility index (Phi) is 4.70. The quantitative estimate of drug-likeness (QED) is 0.867. The smallest absolute Gasteiger partial charge is 0.226 e. The van der Waals surface area contributed by atoms with Gasteiger partial charge in [-0.15, -0.1) is 12.4 Å². The van der Waals surface area contributed by atoms with Gasteiger partial charge in [-0.3, -0.25) is 4.79 Å². The number of hydrogen-bond donors (Lipinski definition) is 1. The first-order chi connectivity index (χ1) is 9.01. The lowest BCUT2D eigenvalue weighted by molar-refractivity contribution is -0.138. The summed E-state index contributed by atoms with van der Waals surface area (Å²) in [7, 11) is 1.98. The summed E-state index contributed by atoms with van der Waals surface area (Å²) in [5, 5.41) is 0. The van der Waals surface area contributed by atoms with Gasteiger partial charge in [-0.1, -0.05) is 6.92 Å². The minimum absolute atomic E-state index is 0. The molecule has 0 heterocycles. The number of nitrogens with zero attached hydrogens (tertiary/aromatic N) is 1. The Balaban J connectivity index is 0.00000147. The summed E-state index contributed by atoms with van der Waals surface area (Å²) >= 11 is 0. The fourth-order valence-corrected chi connectivity index (χ4v) is 5.54. The molecule has 1 unspecified atom stereocenters. The van der Waals surface area contributed by atoms with Crippen molar-refractivity contribution in [2.45, 2.75) is 45.4 Å². The Morgan fingerprint density at radius 2 is 1.65 bits per heavy atom. The standard InChI is InChI=1S/C16H28N2O.ClH/c1-11(9-17)15(19)18(2)10-16-6-12-3-13(7-16)5-14(4-12)8-16;/h11-14H,3-10,17H2,1-2H3;1H. The first-order valence-corrected chi connectivity index (χ1v) is 7.96. The zero-order valence-corrected chi connectivity index (χ0v) is 13.6. The third-order valence-electron chi connectivity index (χ3n) is 5.89. The molecule has 4 saturated carbocycles. The highest BCUT2D eigenvalue weighted by atomic mass is 35.5. The molecule has 0 aromatic rings. The van der Waals surface area contributed by atoms with Crippen molar-refractivity contribution in [1.29, 1.82) is 0 Å². The van der Waals surface area contributed by atoms with Crippen molar-refractivity contribution in [3.8, 4) is 0 Å². The molecule has 0 saturated heterocycles. The zero-order valence-electron chi connectivity index (χ0n) is 12.8. The van der Waals surface area contributed by atoms with Crippen LogP contribution in [0.15, 0.2) is 0 Å². The zero-order chi connectivity index (χ0) is 13.6. The van der Waals surface area contributed by atoms with Crippen LogP contribution in [-0.2, 0) is 4.79 Å². The summed E-state index contributed by atoms with van der Waals surface area (Å²) in [6.45, 7) is 3.38. The van der Waals surface area contributed by atoms with Crippen molar-refractivity contribution in [3.63, 3.8) is 0 Å². The number of halogens is 1. The number of carbonyl (C=O) groups excluding carboxylic acids is 1. The predicted octanol–water partition coefficient (Wildman–Crippen LogP) is 2.68. The highest BCUT2D eigenvalue weighted by Gasteiger charge is 2.51. The average Bonchev–Trinajstić information content (AvgIpc) is 2.34. The molecule has 0 aromatic carbocycles. The van der Waals surface area contributed by atoms with Gasteiger partial charge in [0, 0.05) is 26.1 Å². The fraction of sp³-hybridized carbons (Fsp3) is 0.938. The van der Waals surface area contributed by atoms with E-state index in [2.05, 4.69) is 0 Å². The minimum atomic E-state index is -0.0288. The molecule has 116 valence electrons. The molecule has 2 N–H and O–H groups in total. The highest BCUT2D eigenvalue weighted by Crippen LogP contribution is 2.60. The molecule has 4 aliphatic carbocycles. The molecule has 0 spiro atoms. The summed E-state index contributed by atoms with van der Waals surface area (Å²) < 4.78 is 0. The van der Waals surface area contributed by atoms with Crippen LogP contribution in [-0.4, -0.2) is 30.9 Å². The van der Waals surface area contributed by atoms with Crippen molar-refractivity contribution in [2.75, 3.05) is 20.1 Å². The summed E-state index contributed by atoms with van der Waals surface area (Å²) in [5.74, 6) is 3.09. The molecule has 1 atom stereocenters. The van der Waals surface area contributed by atoms with E-state index in [1.54, 1.807) is 0 Å². The van der Waals surface area contributed by atoms with E-state index >= 15 is 0 Å². The largest absolute Gasteiger partial charge is 0.345 e. The van der Waals surface area contributed by atoms with Crippen LogP contribution < -0.4 is 5.73 Å². The third kappa shape index (κ3) is 2.85. The number of carbonyl (C=O) groups is 1. The summed E-state index contributed by atoms with van der Waals surface area (Å²) in [4.78, 5) is 14.2. The van der Waals surface area contributed by atoms with Crippen LogP contribution >= 0.6 is 12.4 Å². The van der Waals surface area contributed by atoms with Crippen molar-refractivity contribution >= 4 is 18.3 Å². The highest BCUT2D eigenvalue weighted by molar-refractivity contribution is 5.85. The van der Waals surface area contributed by atoms with Crippen LogP contribution in [0, 0.1) is 29.1 Å². The van der Waals surface area contributed by atoms with E-state index in [1.807, 2.05) is 18.9 Å². The Labute approximate surface area is 129 Å². The van der Waals surface area contributed by atoms with Gasteiger partial charge in [0.25, 0.3) is 0 Å². The molecule has 3 nitrogen and oxygen atoms in total. The van der Waals surface area contributed by atoms with Crippen LogP contribution in [0.4, 0.5) is 0 Å². The molecule has 0 aromatic heterocycles. The van der Waals surface area contributed by atoms with Crippen LogP contribution in [0.25, 0.3) is 0 Å². The van der Waals surface area contributed by atoms with Crippen molar-refractivity contribution in [1.82, 2.24) is 4.90 Å². The van der Waals surface area contributed by atoms with E-state index in [0.717, 1.165) is 24.3 Å². The van der Waals surface area contributed by atoms with Gasteiger partial charge in [0.05, 0.1) is 0 Å². The van der Waals surface area contributed by atoms with E-state index < -0.39 is 0 Å². The van der Waals surface area contributed by atoms with Crippen LogP contribution in [0.5, 0.6) is 0 Å². The molecule has 4 aliphatic rings. The molecule has 4 fully saturated rings. The number of amides is 1. The summed E-state index contributed by atoms with van der Waals surface area (Å²) in [6.07, 6.45) is 8.51. The van der Waals surface area contributed by atoms with Gasteiger partial charge in [-0.25, -0.2) is 0 Å². The van der Waals surface area contributed by atoms with Crippen LogP contribution in [0.3, 0.4) is 0 Å². The molecule has 0 radical (unpaired) electrons. The van der Waals surface area contributed by atoms with E-state index in [-0.39, 0.29) is 24.2 Å². The maximum absolute atomic E-state index is 12.2. The number of nitrogens with two attached hydrogens (primary N) is 1. The van der Waals surface area contributed by atoms with Crippen LogP contribution in [0.1, 0.15) is 45.4 Å². The molecule has 0 aliphatic heterocycles. The average molecular weight is 301 g/mol. The van der Waals surface area contributed by atoms with E-state index in [9.17, 15) is 4.79 Å². The summed E-state index contributed by atoms with van der Waals surface area (Å²) in [6, 6.07) is 0. The second kappa shape index (κ2) is 5.84. The normalized spacial score (nSPS) is 39.2. The lowest BCUT2D eigenvalue weighted by Crippen LogP contribution is -2.52. The van der Waals surface area contributed by atoms with E-state index in [1.165, 1.54) is 38.5 Å². The maximum atomic E-state index is 12.2. The van der Waals surface area contributed by atoms with Gasteiger partial charge in [0.1, 0.15) is 0 Å². The monoisotopic (exact) mass is 300 g/mol. The lowest BCUT2D eigenvalue weighted by Gasteiger charge is -2.57. The fourth-order valence-electron chi connectivity index (χ4n) is 5.54. The van der Waals surface area contributed by atoms with Crippen molar-refractivity contribution in [3.05, 3.63) is 0 Å². The molecular formula is C16H29ClN2O. The second-order valence-electron chi connectivity index (χ2n) is 7.75. The van der Waals surface area contributed by atoms with Crippen molar-refractivity contribution < 1.29 is 4.79 Å². The van der Waals surface area contributed by atoms with Gasteiger partial charge < -0.3 is 10.6 Å². The molecule has 4 heteroatoms. The molecule has 20 heavy (non-hydrogen) atoms. The van der Waals surface area contributed by atoms with Gasteiger partial charge in [0.2, 0.25) is 5.91 Å². The van der Waals surface area contributed by atoms with Gasteiger partial charge in [-0.2, -0.15) is 0 Å². The topological polar surface area (TPSA) is 46.3 Å². The molecular weight excluding hydrogens is 272 g/mol. The van der Waals surface area contributed by atoms with Gasteiger partial charge in [-0.05, 0) is 61.7 Å². The van der Waals surface area contributed by atoms with E-state index in [4.69, 9.17) is 5.73 Å². The molecule has 4 bridgehead atoms. The Morgan fingerprint density at radius 3 is 2.05 bits per heavy atom. The molecule has 4 rings (SSSR count). The molecule has 1 amide bonds. The lowest BCUT2D eigenvalue weighted by atomic mass is 9.49. The Hall–Kier alpha value is -0.280. The van der Waals surface area contributed by atoms with Crippen LogP contribution in [0.2, 0.25) is 0 Å². The van der Waals surface area contributed by atoms with E-state index in [0.29, 0.717) is 12.0 Å². The second-order valence-corrected chi connectivity index (χ2v) is 7.75.